The quantitative estimate of drug-likeness (QED) is 0.0496. The third-order valence-electron chi connectivity index (χ3n) is 8.32. The Morgan fingerprint density at radius 1 is 0.479 bits per heavy atom. The summed E-state index contributed by atoms with van der Waals surface area (Å²) in [5.74, 6) is 2.56. The van der Waals surface area contributed by atoms with Crippen molar-refractivity contribution in [1.82, 2.24) is 9.80 Å². The predicted octanol–water partition coefficient (Wildman–Crippen LogP) is 9.77. The molecule has 0 saturated carbocycles. The van der Waals surface area contributed by atoms with Crippen LogP contribution in [0.1, 0.15) is 63.5 Å². The number of nitro benzene ring substituents is 2. The van der Waals surface area contributed by atoms with Gasteiger partial charge in [-0.05, 0) is 98.7 Å². The molecule has 0 fully saturated rings. The lowest BCUT2D eigenvalue weighted by atomic mass is 10.1. The molecule has 0 atom stereocenters. The zero-order chi connectivity index (χ0) is 34.1. The molecule has 10 nitrogen and oxygen atoms in total. The average Bonchev–Trinajstić information content (AvgIpc) is 3.10. The molecule has 0 amide bonds. The summed E-state index contributed by atoms with van der Waals surface area (Å²) < 4.78 is 11.7. The number of nitro groups is 2. The van der Waals surface area contributed by atoms with E-state index >= 15 is 0 Å². The second kappa shape index (κ2) is 19.1. The highest BCUT2D eigenvalue weighted by Crippen LogP contribution is 2.26. The van der Waals surface area contributed by atoms with Crippen LogP contribution in [-0.4, -0.2) is 45.8 Å². The summed E-state index contributed by atoms with van der Waals surface area (Å²) in [7, 11) is 0. The van der Waals surface area contributed by atoms with Crippen molar-refractivity contribution in [1.29, 1.82) is 0 Å². The van der Waals surface area contributed by atoms with Crippen LogP contribution in [0.5, 0.6) is 23.0 Å². The number of hydrogen-bond donors (Lipinski definition) is 0. The number of unbranched alkanes of at least 4 members (excludes halogenated alkanes) is 5. The number of ether oxygens (including phenoxy) is 2. The van der Waals surface area contributed by atoms with Crippen LogP contribution < -0.4 is 9.47 Å². The normalized spacial score (nSPS) is 11.2. The van der Waals surface area contributed by atoms with Crippen molar-refractivity contribution in [2.75, 3.05) is 26.2 Å². The number of hydrogen-bond acceptors (Lipinski definition) is 8. The van der Waals surface area contributed by atoms with Crippen molar-refractivity contribution in [3.8, 4) is 23.0 Å². The minimum Gasteiger partial charge on any atom is -0.457 e. The molecule has 0 aliphatic rings. The average molecular weight is 655 g/mol. The maximum absolute atomic E-state index is 10.8. The molecule has 0 N–H and O–H groups in total. The lowest BCUT2D eigenvalue weighted by Gasteiger charge is -2.21. The molecule has 4 rings (SSSR count). The van der Waals surface area contributed by atoms with Crippen LogP contribution in [0.2, 0.25) is 0 Å². The third kappa shape index (κ3) is 12.1. The monoisotopic (exact) mass is 654 g/mol. The van der Waals surface area contributed by atoms with E-state index in [1.54, 1.807) is 24.3 Å². The standard InChI is InChI=1S/C38H46N4O6/c1-3-39(29-31-11-19-35(20-12-31)47-37-23-15-33(16-24-37)41(43)44)27-9-7-5-6-8-10-28-40(4-2)30-32-13-21-36(22-14-32)48-38-25-17-34(18-26-38)42(45)46/h11-26H,3-10,27-30H2,1-2H3. The van der Waals surface area contributed by atoms with E-state index in [0.29, 0.717) is 23.0 Å². The molecule has 254 valence electrons. The van der Waals surface area contributed by atoms with Gasteiger partial charge in [-0.15, -0.1) is 0 Å². The second-order valence-electron chi connectivity index (χ2n) is 11.9. The number of non-ortho nitro benzene ring substituents is 2. The Bertz CT molecular complexity index is 1430. The summed E-state index contributed by atoms with van der Waals surface area (Å²) in [5, 5.41) is 21.7. The van der Waals surface area contributed by atoms with E-state index in [1.165, 1.54) is 73.9 Å². The van der Waals surface area contributed by atoms with Crippen LogP contribution >= 0.6 is 0 Å². The number of nitrogens with zero attached hydrogens (tertiary/aromatic N) is 4. The van der Waals surface area contributed by atoms with E-state index in [1.807, 2.05) is 24.3 Å². The Hall–Kier alpha value is -4.80. The van der Waals surface area contributed by atoms with Crippen LogP contribution in [0.15, 0.2) is 97.1 Å². The van der Waals surface area contributed by atoms with Crippen LogP contribution in [0, 0.1) is 20.2 Å². The molecule has 10 heteroatoms. The molecule has 4 aromatic carbocycles. The van der Waals surface area contributed by atoms with Gasteiger partial charge in [0.25, 0.3) is 11.4 Å². The zero-order valence-electron chi connectivity index (χ0n) is 28.0. The minimum atomic E-state index is -0.419. The molecule has 4 aromatic rings. The van der Waals surface area contributed by atoms with E-state index in [-0.39, 0.29) is 11.4 Å². The fourth-order valence-electron chi connectivity index (χ4n) is 5.46. The lowest BCUT2D eigenvalue weighted by Crippen LogP contribution is -2.24. The lowest BCUT2D eigenvalue weighted by molar-refractivity contribution is -0.385. The SMILES string of the molecule is CCN(CCCCCCCCN(CC)Cc1ccc(Oc2ccc([N+](=O)[O-])cc2)cc1)Cc1ccc(Oc2ccc([N+](=O)[O-])cc2)cc1. The molecule has 0 radical (unpaired) electrons. The summed E-state index contributed by atoms with van der Waals surface area (Å²) >= 11 is 0. The molecule has 0 heterocycles. The summed E-state index contributed by atoms with van der Waals surface area (Å²) in [6.45, 7) is 10.4. The van der Waals surface area contributed by atoms with Crippen molar-refractivity contribution in [2.45, 2.75) is 65.5 Å². The molecular weight excluding hydrogens is 608 g/mol. The van der Waals surface area contributed by atoms with Gasteiger partial charge in [-0.2, -0.15) is 0 Å². The van der Waals surface area contributed by atoms with E-state index in [4.69, 9.17) is 9.47 Å². The largest absolute Gasteiger partial charge is 0.457 e. The molecule has 0 aromatic heterocycles. The van der Waals surface area contributed by atoms with Gasteiger partial charge in [-0.25, -0.2) is 0 Å². The first-order chi connectivity index (χ1) is 23.3. The summed E-state index contributed by atoms with van der Waals surface area (Å²) in [4.78, 5) is 25.8. The number of rotatable bonds is 21. The Morgan fingerprint density at radius 2 is 0.771 bits per heavy atom. The summed E-state index contributed by atoms with van der Waals surface area (Å²) in [6, 6.07) is 28.3. The fourth-order valence-corrected chi connectivity index (χ4v) is 5.46. The highest BCUT2D eigenvalue weighted by Gasteiger charge is 2.09. The third-order valence-corrected chi connectivity index (χ3v) is 8.32. The van der Waals surface area contributed by atoms with E-state index < -0.39 is 9.85 Å². The highest BCUT2D eigenvalue weighted by atomic mass is 16.6. The molecule has 0 aliphatic carbocycles. The van der Waals surface area contributed by atoms with Gasteiger partial charge in [-0.1, -0.05) is 63.8 Å². The summed E-state index contributed by atoms with van der Waals surface area (Å²) in [6.07, 6.45) is 7.39. The van der Waals surface area contributed by atoms with E-state index in [0.717, 1.165) is 39.3 Å². The van der Waals surface area contributed by atoms with Crippen molar-refractivity contribution < 1.29 is 19.3 Å². The fraction of sp³-hybridized carbons (Fsp3) is 0.368. The summed E-state index contributed by atoms with van der Waals surface area (Å²) in [5.41, 5.74) is 2.56. The van der Waals surface area contributed by atoms with Crippen molar-refractivity contribution in [3.05, 3.63) is 128 Å². The minimum absolute atomic E-state index is 0.0458. The molecule has 48 heavy (non-hydrogen) atoms. The second-order valence-corrected chi connectivity index (χ2v) is 11.9. The predicted molar refractivity (Wildman–Crippen MR) is 189 cm³/mol. The van der Waals surface area contributed by atoms with Crippen LogP contribution in [0.25, 0.3) is 0 Å². The molecular formula is C38H46N4O6. The van der Waals surface area contributed by atoms with Crippen molar-refractivity contribution in [3.63, 3.8) is 0 Å². The van der Waals surface area contributed by atoms with E-state index in [9.17, 15) is 20.2 Å². The van der Waals surface area contributed by atoms with Gasteiger partial charge in [0, 0.05) is 37.4 Å². The van der Waals surface area contributed by atoms with Gasteiger partial charge in [0.05, 0.1) is 9.85 Å². The first-order valence-electron chi connectivity index (χ1n) is 16.8. The van der Waals surface area contributed by atoms with Gasteiger partial charge in [0.15, 0.2) is 0 Å². The highest BCUT2D eigenvalue weighted by molar-refractivity contribution is 5.40. The van der Waals surface area contributed by atoms with Gasteiger partial charge < -0.3 is 9.47 Å². The Balaban J connectivity index is 1.07. The molecule has 0 unspecified atom stereocenters. The Morgan fingerprint density at radius 3 is 1.06 bits per heavy atom. The smallest absolute Gasteiger partial charge is 0.269 e. The van der Waals surface area contributed by atoms with Gasteiger partial charge in [0.1, 0.15) is 23.0 Å². The maximum atomic E-state index is 10.8. The maximum Gasteiger partial charge on any atom is 0.269 e. The van der Waals surface area contributed by atoms with Gasteiger partial charge >= 0.3 is 0 Å². The van der Waals surface area contributed by atoms with Crippen LogP contribution in [0.4, 0.5) is 11.4 Å². The van der Waals surface area contributed by atoms with Crippen LogP contribution in [0.3, 0.4) is 0 Å². The molecule has 0 saturated heterocycles. The number of benzene rings is 4. The van der Waals surface area contributed by atoms with Crippen molar-refractivity contribution in [2.24, 2.45) is 0 Å². The van der Waals surface area contributed by atoms with Gasteiger partial charge in [-0.3, -0.25) is 30.0 Å². The Labute approximate surface area is 283 Å². The van der Waals surface area contributed by atoms with Crippen LogP contribution in [-0.2, 0) is 13.1 Å². The topological polar surface area (TPSA) is 111 Å². The van der Waals surface area contributed by atoms with E-state index in [2.05, 4.69) is 47.9 Å². The zero-order valence-corrected chi connectivity index (χ0v) is 28.0. The molecule has 0 aliphatic heterocycles. The van der Waals surface area contributed by atoms with Gasteiger partial charge in [0.2, 0.25) is 0 Å². The first kappa shape index (κ1) is 36.0. The Kier molecular flexibility index (Phi) is 14.4. The molecule has 0 spiro atoms. The molecule has 0 bridgehead atoms. The van der Waals surface area contributed by atoms with Crippen molar-refractivity contribution >= 4 is 11.4 Å². The first-order valence-corrected chi connectivity index (χ1v) is 16.8.